The normalized spacial score (nSPS) is 12.1. The zero-order chi connectivity index (χ0) is 39.7. The van der Waals surface area contributed by atoms with Crippen molar-refractivity contribution < 1.29 is 65.5 Å². The van der Waals surface area contributed by atoms with Gasteiger partial charge >= 0.3 is 29.6 Å². The van der Waals surface area contributed by atoms with Crippen LogP contribution < -0.4 is 41.0 Å². The molecule has 6 rings (SSSR count). The standard InChI is InChI=1S/C35H27N9O9S2.Na/c1-19-16-23(36)6-15-28(19)41-38-24-7-2-20(3-8-24)21-4-9-25(10-5-21)40-43-34-30(55(51,52)53)18-22-17-29(54(48,49)50)33(32(37)31(22)35(34)45)42-39-26-11-13-27(14-12-26)44(46)47;/h2-18,45H,36-37H2,1H3,(H,48,49,50)(H,51,52,53);/q;+1. The minimum Gasteiger partial charge on any atom is -0.505 e. The Bertz CT molecular complexity index is 2820. The number of phenolic OH excluding ortho intramolecular Hbond substituents is 1. The first-order valence-corrected chi connectivity index (χ1v) is 18.5. The van der Waals surface area contributed by atoms with E-state index in [1.807, 2.05) is 19.1 Å². The fourth-order valence-corrected chi connectivity index (χ4v) is 6.63. The Morgan fingerprint density at radius 1 is 0.625 bits per heavy atom. The van der Waals surface area contributed by atoms with E-state index in [2.05, 4.69) is 30.7 Å². The van der Waals surface area contributed by atoms with Crippen molar-refractivity contribution in [3.8, 4) is 16.9 Å². The molecule has 0 saturated heterocycles. The monoisotopic (exact) mass is 804 g/mol. The SMILES string of the molecule is Cc1cc(N)ccc1N=Nc1ccc(-c2ccc(N=Nc3c(S(=O)(=O)O)cc4cc(S(=O)(=O)O)c(N=Nc5ccc([N+](=O)[O-])cc5)c(N)c4c3O)cc2)cc1.[Na+]. The van der Waals surface area contributed by atoms with Gasteiger partial charge in [-0.1, -0.05) is 24.3 Å². The summed E-state index contributed by atoms with van der Waals surface area (Å²) >= 11 is 0. The number of anilines is 2. The van der Waals surface area contributed by atoms with E-state index >= 15 is 0 Å². The number of benzene rings is 6. The van der Waals surface area contributed by atoms with Crippen LogP contribution in [0.4, 0.5) is 51.2 Å². The molecular formula is C35H27N9NaO9S2+. The van der Waals surface area contributed by atoms with Gasteiger partial charge in [-0.2, -0.15) is 37.3 Å². The second-order valence-corrected chi connectivity index (χ2v) is 14.6. The van der Waals surface area contributed by atoms with Crippen LogP contribution in [-0.2, 0) is 20.2 Å². The van der Waals surface area contributed by atoms with E-state index in [9.17, 15) is 41.2 Å². The van der Waals surface area contributed by atoms with Gasteiger partial charge < -0.3 is 16.6 Å². The quantitative estimate of drug-likeness (QED) is 0.0254. The van der Waals surface area contributed by atoms with Crippen molar-refractivity contribution in [2.45, 2.75) is 16.7 Å². The number of phenols is 1. The third kappa shape index (κ3) is 9.09. The number of aryl methyl sites for hydroxylation is 1. The maximum Gasteiger partial charge on any atom is 1.00 e. The van der Waals surface area contributed by atoms with Gasteiger partial charge in [-0.15, -0.1) is 10.2 Å². The number of hydrogen-bond acceptors (Lipinski definition) is 15. The summed E-state index contributed by atoms with van der Waals surface area (Å²) < 4.78 is 69.6. The molecule has 0 aliphatic heterocycles. The fraction of sp³-hybridized carbons (Fsp3) is 0.0286. The van der Waals surface area contributed by atoms with Gasteiger partial charge in [0.1, 0.15) is 21.2 Å². The molecule has 21 heteroatoms. The van der Waals surface area contributed by atoms with Crippen LogP contribution in [0.15, 0.2) is 144 Å². The molecule has 0 bridgehead atoms. The Morgan fingerprint density at radius 3 is 1.54 bits per heavy atom. The number of fused-ring (bicyclic) bond motifs is 1. The predicted octanol–water partition coefficient (Wildman–Crippen LogP) is 6.34. The summed E-state index contributed by atoms with van der Waals surface area (Å²) in [6.07, 6.45) is 0. The molecular weight excluding hydrogens is 778 g/mol. The summed E-state index contributed by atoms with van der Waals surface area (Å²) in [6.45, 7) is 1.88. The predicted molar refractivity (Wildman–Crippen MR) is 203 cm³/mol. The second-order valence-electron chi connectivity index (χ2n) is 11.8. The number of non-ortho nitro benzene ring substituents is 1. The van der Waals surface area contributed by atoms with Gasteiger partial charge in [0, 0.05) is 17.8 Å². The van der Waals surface area contributed by atoms with Gasteiger partial charge in [-0.25, -0.2) is 0 Å². The summed E-state index contributed by atoms with van der Waals surface area (Å²) in [5.41, 5.74) is 14.5. The van der Waals surface area contributed by atoms with Crippen LogP contribution in [0.2, 0.25) is 0 Å². The zero-order valence-corrected chi connectivity index (χ0v) is 32.8. The Balaban J connectivity index is 0.00000600. The number of nitrogens with two attached hydrogens (primary N) is 2. The molecule has 0 amide bonds. The number of nitro benzene ring substituents is 1. The van der Waals surface area contributed by atoms with Crippen molar-refractivity contribution in [1.29, 1.82) is 0 Å². The smallest absolute Gasteiger partial charge is 0.505 e. The van der Waals surface area contributed by atoms with E-state index in [0.29, 0.717) is 17.1 Å². The van der Waals surface area contributed by atoms with Gasteiger partial charge in [-0.3, -0.25) is 19.2 Å². The Labute approximate surface area is 340 Å². The minimum absolute atomic E-state index is 0. The van der Waals surface area contributed by atoms with Crippen molar-refractivity contribution >= 4 is 82.2 Å². The van der Waals surface area contributed by atoms with Gasteiger partial charge in [0.05, 0.1) is 38.7 Å². The van der Waals surface area contributed by atoms with Gasteiger partial charge in [0.15, 0.2) is 5.75 Å². The van der Waals surface area contributed by atoms with Crippen LogP contribution in [-0.4, -0.2) is 36.0 Å². The molecule has 0 radical (unpaired) electrons. The summed E-state index contributed by atoms with van der Waals surface area (Å²) in [6, 6.07) is 25.3. The average molecular weight is 805 g/mol. The first-order valence-electron chi connectivity index (χ1n) is 15.6. The summed E-state index contributed by atoms with van der Waals surface area (Å²) in [7, 11) is -10.2. The number of azo groups is 3. The third-order valence-electron chi connectivity index (χ3n) is 8.02. The molecule has 0 aromatic heterocycles. The number of hydrogen-bond donors (Lipinski definition) is 5. The first-order chi connectivity index (χ1) is 26.0. The van der Waals surface area contributed by atoms with Gasteiger partial charge in [0.25, 0.3) is 25.9 Å². The molecule has 0 aliphatic rings. The number of nitrogens with zero attached hydrogens (tertiary/aromatic N) is 7. The molecule has 0 aliphatic carbocycles. The molecule has 6 aromatic carbocycles. The second kappa shape index (κ2) is 16.4. The van der Waals surface area contributed by atoms with Crippen molar-refractivity contribution in [3.63, 3.8) is 0 Å². The van der Waals surface area contributed by atoms with Crippen LogP contribution in [0, 0.1) is 17.0 Å². The molecule has 278 valence electrons. The number of nitro groups is 1. The molecule has 0 saturated carbocycles. The molecule has 0 fully saturated rings. The van der Waals surface area contributed by atoms with E-state index < -0.39 is 57.8 Å². The molecule has 56 heavy (non-hydrogen) atoms. The minimum atomic E-state index is -5.13. The summed E-state index contributed by atoms with van der Waals surface area (Å²) in [5.74, 6) is -0.930. The molecule has 18 nitrogen and oxygen atoms in total. The largest absolute Gasteiger partial charge is 1.00 e. The molecule has 6 aromatic rings. The summed E-state index contributed by atoms with van der Waals surface area (Å²) in [4.78, 5) is 8.44. The van der Waals surface area contributed by atoms with Crippen LogP contribution in [0.1, 0.15) is 5.56 Å². The molecule has 0 spiro atoms. The third-order valence-corrected chi connectivity index (χ3v) is 9.76. The van der Waals surface area contributed by atoms with Gasteiger partial charge in [0.2, 0.25) is 0 Å². The number of rotatable bonds is 10. The van der Waals surface area contributed by atoms with E-state index in [0.717, 1.165) is 41.0 Å². The van der Waals surface area contributed by atoms with Crippen LogP contribution in [0.25, 0.3) is 21.9 Å². The van der Waals surface area contributed by atoms with E-state index in [1.165, 1.54) is 12.1 Å². The van der Waals surface area contributed by atoms with Crippen molar-refractivity contribution in [2.24, 2.45) is 30.7 Å². The van der Waals surface area contributed by atoms with Gasteiger partial charge in [-0.05, 0) is 95.7 Å². The Hall–Kier alpha value is -6.00. The van der Waals surface area contributed by atoms with Crippen molar-refractivity contribution in [1.82, 2.24) is 0 Å². The van der Waals surface area contributed by atoms with Crippen molar-refractivity contribution in [3.05, 3.63) is 119 Å². The molecule has 7 N–H and O–H groups in total. The first kappa shape index (κ1) is 41.2. The maximum atomic E-state index is 12.4. The molecule has 0 heterocycles. The molecule has 0 atom stereocenters. The molecule has 0 unspecified atom stereocenters. The average Bonchev–Trinajstić information content (AvgIpc) is 3.13. The summed E-state index contributed by atoms with van der Waals surface area (Å²) in [5, 5.41) is 45.7. The van der Waals surface area contributed by atoms with E-state index in [1.54, 1.807) is 54.6 Å². The van der Waals surface area contributed by atoms with E-state index in [4.69, 9.17) is 11.5 Å². The fourth-order valence-electron chi connectivity index (χ4n) is 5.30. The number of nitrogen functional groups attached to an aromatic ring is 2. The maximum absolute atomic E-state index is 12.4. The van der Waals surface area contributed by atoms with Crippen molar-refractivity contribution in [2.75, 3.05) is 11.5 Å². The van der Waals surface area contributed by atoms with E-state index in [-0.39, 0.29) is 57.4 Å². The van der Waals surface area contributed by atoms with Crippen LogP contribution in [0.3, 0.4) is 0 Å². The topological polar surface area (TPSA) is 298 Å². The van der Waals surface area contributed by atoms with Crippen LogP contribution >= 0.6 is 0 Å². The van der Waals surface area contributed by atoms with Crippen LogP contribution in [0.5, 0.6) is 5.75 Å². The zero-order valence-electron chi connectivity index (χ0n) is 29.2. The Morgan fingerprint density at radius 2 is 1.07 bits per heavy atom. The Kier molecular flexibility index (Phi) is 12.0. The number of aromatic hydroxyl groups is 1.